The number of nitrogen functional groups attached to an aromatic ring is 1. The average molecular weight is 191 g/mol. The number of amides is 1. The molecular formula is C10H13N3O. The molecule has 3 N–H and O–H groups in total. The molecule has 0 saturated carbocycles. The van der Waals surface area contributed by atoms with Crippen LogP contribution in [0, 0.1) is 0 Å². The van der Waals surface area contributed by atoms with Gasteiger partial charge in [-0.1, -0.05) is 6.07 Å². The van der Waals surface area contributed by atoms with Gasteiger partial charge in [-0.15, -0.1) is 0 Å². The molecule has 2 rings (SSSR count). The summed E-state index contributed by atoms with van der Waals surface area (Å²) >= 11 is 0. The summed E-state index contributed by atoms with van der Waals surface area (Å²) in [6.07, 6.45) is 0. The van der Waals surface area contributed by atoms with Crippen LogP contribution in [-0.2, 0) is 4.79 Å². The monoisotopic (exact) mass is 191 g/mol. The normalized spacial score (nSPS) is 20.3. The number of carbonyl (C=O) groups excluding carboxylic acids is 1. The highest BCUT2D eigenvalue weighted by Gasteiger charge is 2.27. The minimum absolute atomic E-state index is 0.0374. The number of likely N-dealkylation sites (N-methyl/N-ethyl adjacent to an activating group) is 1. The first-order chi connectivity index (χ1) is 6.61. The van der Waals surface area contributed by atoms with Crippen molar-refractivity contribution >= 4 is 23.0 Å². The summed E-state index contributed by atoms with van der Waals surface area (Å²) in [5.41, 5.74) is 8.12. The van der Waals surface area contributed by atoms with Crippen LogP contribution in [0.25, 0.3) is 0 Å². The molecule has 1 unspecified atom stereocenters. The van der Waals surface area contributed by atoms with Crippen molar-refractivity contribution in [3.05, 3.63) is 18.2 Å². The second-order valence-electron chi connectivity index (χ2n) is 3.51. The lowest BCUT2D eigenvalue weighted by atomic mass is 10.1. The largest absolute Gasteiger partial charge is 0.397 e. The Kier molecular flexibility index (Phi) is 1.84. The number of nitrogens with two attached hydrogens (primary N) is 1. The summed E-state index contributed by atoms with van der Waals surface area (Å²) in [5.74, 6) is 0.0374. The van der Waals surface area contributed by atoms with E-state index in [-0.39, 0.29) is 11.9 Å². The van der Waals surface area contributed by atoms with E-state index in [0.717, 1.165) is 11.4 Å². The Morgan fingerprint density at radius 3 is 2.93 bits per heavy atom. The first-order valence-electron chi connectivity index (χ1n) is 4.54. The van der Waals surface area contributed by atoms with Crippen LogP contribution >= 0.6 is 0 Å². The number of hydrogen-bond acceptors (Lipinski definition) is 3. The molecule has 1 aliphatic rings. The highest BCUT2D eigenvalue weighted by Crippen LogP contribution is 2.35. The Labute approximate surface area is 82.7 Å². The third kappa shape index (κ3) is 1.11. The van der Waals surface area contributed by atoms with Gasteiger partial charge in [0.15, 0.2) is 0 Å². The molecule has 1 amide bonds. The van der Waals surface area contributed by atoms with Gasteiger partial charge < -0.3 is 16.0 Å². The lowest BCUT2D eigenvalue weighted by molar-refractivity contribution is -0.118. The lowest BCUT2D eigenvalue weighted by Gasteiger charge is -2.32. The maximum atomic E-state index is 11.6. The number of fused-ring (bicyclic) bond motifs is 1. The molecule has 0 radical (unpaired) electrons. The molecular weight excluding hydrogens is 178 g/mol. The smallest absolute Gasteiger partial charge is 0.249 e. The molecule has 4 nitrogen and oxygen atoms in total. The molecule has 0 fully saturated rings. The van der Waals surface area contributed by atoms with Crippen molar-refractivity contribution < 1.29 is 4.79 Å². The molecule has 4 heteroatoms. The predicted molar refractivity (Wildman–Crippen MR) is 57.3 cm³/mol. The number of hydrogen-bond donors (Lipinski definition) is 2. The summed E-state index contributed by atoms with van der Waals surface area (Å²) in [7, 11) is 1.74. The van der Waals surface area contributed by atoms with Crippen LogP contribution in [0.4, 0.5) is 17.1 Å². The van der Waals surface area contributed by atoms with Gasteiger partial charge in [0.2, 0.25) is 5.91 Å². The number of para-hydroxylation sites is 1. The Hall–Kier alpha value is -1.71. The van der Waals surface area contributed by atoms with E-state index in [0.29, 0.717) is 5.69 Å². The maximum Gasteiger partial charge on any atom is 0.249 e. The minimum Gasteiger partial charge on any atom is -0.397 e. The third-order valence-corrected chi connectivity index (χ3v) is 2.48. The summed E-state index contributed by atoms with van der Waals surface area (Å²) in [6.45, 7) is 1.84. The molecule has 1 aromatic rings. The van der Waals surface area contributed by atoms with E-state index in [9.17, 15) is 4.79 Å². The van der Waals surface area contributed by atoms with Crippen LogP contribution in [0.15, 0.2) is 18.2 Å². The molecule has 0 spiro atoms. The lowest BCUT2D eigenvalue weighted by Crippen LogP contribution is -2.43. The number of nitrogens with one attached hydrogen (secondary N) is 1. The average Bonchev–Trinajstić information content (AvgIpc) is 2.14. The standard InChI is InChI=1S/C10H13N3O/c1-6-10(14)13(2)9-7(11)4-3-5-8(9)12-6/h3-6,12H,11H2,1-2H3. The zero-order chi connectivity index (χ0) is 10.3. The molecule has 1 heterocycles. The van der Waals surface area contributed by atoms with Crippen LogP contribution in [0.2, 0.25) is 0 Å². The Morgan fingerprint density at radius 1 is 1.50 bits per heavy atom. The van der Waals surface area contributed by atoms with E-state index in [4.69, 9.17) is 5.73 Å². The topological polar surface area (TPSA) is 58.4 Å². The van der Waals surface area contributed by atoms with Crippen molar-refractivity contribution in [2.24, 2.45) is 0 Å². The summed E-state index contributed by atoms with van der Waals surface area (Å²) in [5, 5.41) is 3.11. The van der Waals surface area contributed by atoms with Crippen LogP contribution in [-0.4, -0.2) is 19.0 Å². The van der Waals surface area contributed by atoms with Crippen molar-refractivity contribution in [2.45, 2.75) is 13.0 Å². The summed E-state index contributed by atoms with van der Waals surface area (Å²) in [4.78, 5) is 13.3. The van der Waals surface area contributed by atoms with Crippen molar-refractivity contribution in [3.63, 3.8) is 0 Å². The van der Waals surface area contributed by atoms with Gasteiger partial charge in [-0.05, 0) is 19.1 Å². The minimum atomic E-state index is -0.186. The molecule has 1 aromatic carbocycles. The van der Waals surface area contributed by atoms with Crippen molar-refractivity contribution in [2.75, 3.05) is 23.0 Å². The van der Waals surface area contributed by atoms with E-state index in [2.05, 4.69) is 5.32 Å². The predicted octanol–water partition coefficient (Wildman–Crippen LogP) is 1.05. The van der Waals surface area contributed by atoms with Gasteiger partial charge in [0.05, 0.1) is 17.1 Å². The highest BCUT2D eigenvalue weighted by atomic mass is 16.2. The number of benzene rings is 1. The first-order valence-corrected chi connectivity index (χ1v) is 4.54. The number of rotatable bonds is 0. The van der Waals surface area contributed by atoms with Crippen LogP contribution < -0.4 is 16.0 Å². The Bertz CT molecular complexity index is 389. The van der Waals surface area contributed by atoms with E-state index in [1.54, 1.807) is 18.0 Å². The SMILES string of the molecule is CC1Nc2cccc(N)c2N(C)C1=O. The second kappa shape index (κ2) is 2.90. The van der Waals surface area contributed by atoms with Gasteiger partial charge in [0.1, 0.15) is 6.04 Å². The van der Waals surface area contributed by atoms with E-state index in [1.165, 1.54) is 0 Å². The van der Waals surface area contributed by atoms with Gasteiger partial charge in [-0.2, -0.15) is 0 Å². The molecule has 74 valence electrons. The fraction of sp³-hybridized carbons (Fsp3) is 0.300. The zero-order valence-electron chi connectivity index (χ0n) is 8.24. The zero-order valence-corrected chi connectivity index (χ0v) is 8.24. The number of carbonyl (C=O) groups is 1. The van der Waals surface area contributed by atoms with Crippen molar-refractivity contribution in [1.29, 1.82) is 0 Å². The van der Waals surface area contributed by atoms with E-state index >= 15 is 0 Å². The van der Waals surface area contributed by atoms with E-state index in [1.807, 2.05) is 19.1 Å². The quantitative estimate of drug-likeness (QED) is 0.602. The third-order valence-electron chi connectivity index (χ3n) is 2.48. The van der Waals surface area contributed by atoms with Gasteiger partial charge in [-0.25, -0.2) is 0 Å². The second-order valence-corrected chi connectivity index (χ2v) is 3.51. The molecule has 0 aromatic heterocycles. The fourth-order valence-electron chi connectivity index (χ4n) is 1.75. The molecule has 1 aliphatic heterocycles. The first kappa shape index (κ1) is 8.87. The molecule has 0 aliphatic carbocycles. The molecule has 0 bridgehead atoms. The van der Waals surface area contributed by atoms with Crippen molar-refractivity contribution in [1.82, 2.24) is 0 Å². The Balaban J connectivity index is 2.56. The Morgan fingerprint density at radius 2 is 2.21 bits per heavy atom. The van der Waals surface area contributed by atoms with Crippen molar-refractivity contribution in [3.8, 4) is 0 Å². The van der Waals surface area contributed by atoms with Gasteiger partial charge >= 0.3 is 0 Å². The van der Waals surface area contributed by atoms with Crippen LogP contribution in [0.3, 0.4) is 0 Å². The van der Waals surface area contributed by atoms with Gasteiger partial charge in [0.25, 0.3) is 0 Å². The van der Waals surface area contributed by atoms with Crippen LogP contribution in [0.5, 0.6) is 0 Å². The highest BCUT2D eigenvalue weighted by molar-refractivity contribution is 6.07. The molecule has 1 atom stereocenters. The maximum absolute atomic E-state index is 11.6. The van der Waals surface area contributed by atoms with Gasteiger partial charge in [-0.3, -0.25) is 4.79 Å². The number of nitrogens with zero attached hydrogens (tertiary/aromatic N) is 1. The fourth-order valence-corrected chi connectivity index (χ4v) is 1.75. The number of anilines is 3. The summed E-state index contributed by atoms with van der Waals surface area (Å²) in [6, 6.07) is 5.40. The van der Waals surface area contributed by atoms with Gasteiger partial charge in [0, 0.05) is 7.05 Å². The summed E-state index contributed by atoms with van der Waals surface area (Å²) < 4.78 is 0. The molecule has 0 saturated heterocycles. The molecule has 14 heavy (non-hydrogen) atoms. The van der Waals surface area contributed by atoms with Crippen LogP contribution in [0.1, 0.15) is 6.92 Å². The van der Waals surface area contributed by atoms with E-state index < -0.39 is 0 Å².